The molecule has 1 aliphatic heterocycles. The lowest BCUT2D eigenvalue weighted by Crippen LogP contribution is -2.26. The Labute approximate surface area is 102 Å². The molecular formula is C10H12BrN3O2. The number of nitrogens with zero attached hydrogens (tertiary/aromatic N) is 2. The highest BCUT2D eigenvalue weighted by atomic mass is 79.9. The summed E-state index contributed by atoms with van der Waals surface area (Å²) in [6.07, 6.45) is 3.50. The summed E-state index contributed by atoms with van der Waals surface area (Å²) in [5, 5.41) is 0. The first-order chi connectivity index (χ1) is 7.65. The van der Waals surface area contributed by atoms with E-state index in [9.17, 15) is 4.79 Å². The van der Waals surface area contributed by atoms with Crippen molar-refractivity contribution in [1.29, 1.82) is 0 Å². The summed E-state index contributed by atoms with van der Waals surface area (Å²) in [4.78, 5) is 16.8. The van der Waals surface area contributed by atoms with E-state index >= 15 is 0 Å². The third-order valence-electron chi connectivity index (χ3n) is 2.48. The Morgan fingerprint density at radius 1 is 1.62 bits per heavy atom. The average molecular weight is 286 g/mol. The third-order valence-corrected chi connectivity index (χ3v) is 2.92. The number of amides is 1. The number of rotatable bonds is 2. The van der Waals surface area contributed by atoms with Crippen LogP contribution in [-0.4, -0.2) is 30.3 Å². The van der Waals surface area contributed by atoms with Gasteiger partial charge in [0, 0.05) is 23.6 Å². The minimum atomic E-state index is -0.709. The van der Waals surface area contributed by atoms with Gasteiger partial charge in [0.2, 0.25) is 0 Å². The summed E-state index contributed by atoms with van der Waals surface area (Å²) >= 11 is 3.37. The van der Waals surface area contributed by atoms with Gasteiger partial charge in [-0.2, -0.15) is 0 Å². The van der Waals surface area contributed by atoms with Gasteiger partial charge in [-0.1, -0.05) is 0 Å². The lowest BCUT2D eigenvalue weighted by atomic mass is 10.3. The van der Waals surface area contributed by atoms with Crippen LogP contribution in [0.5, 0.6) is 0 Å². The van der Waals surface area contributed by atoms with Crippen molar-refractivity contribution in [2.24, 2.45) is 5.73 Å². The number of carbonyl (C=O) groups excluding carboxylic acids is 1. The highest BCUT2D eigenvalue weighted by molar-refractivity contribution is 9.10. The molecule has 0 radical (unpaired) electrons. The molecule has 2 N–H and O–H groups in total. The molecule has 5 nitrogen and oxygen atoms in total. The third kappa shape index (κ3) is 2.63. The van der Waals surface area contributed by atoms with Crippen molar-refractivity contribution in [3.63, 3.8) is 0 Å². The van der Waals surface area contributed by atoms with E-state index in [1.165, 1.54) is 0 Å². The molecule has 1 saturated heterocycles. The van der Waals surface area contributed by atoms with Gasteiger partial charge in [-0.25, -0.2) is 4.79 Å². The van der Waals surface area contributed by atoms with Gasteiger partial charge < -0.3 is 15.4 Å². The summed E-state index contributed by atoms with van der Waals surface area (Å²) in [5.74, 6) is 0. The average Bonchev–Trinajstić information content (AvgIpc) is 2.65. The molecule has 0 aromatic carbocycles. The van der Waals surface area contributed by atoms with Crippen LogP contribution in [0.2, 0.25) is 0 Å². The zero-order valence-electron chi connectivity index (χ0n) is 8.60. The molecule has 1 aromatic rings. The van der Waals surface area contributed by atoms with E-state index in [4.69, 9.17) is 10.5 Å². The molecule has 0 saturated carbocycles. The normalized spacial score (nSPS) is 19.8. The van der Waals surface area contributed by atoms with Gasteiger partial charge >= 0.3 is 6.09 Å². The smallest absolute Gasteiger partial charge is 0.404 e. The van der Waals surface area contributed by atoms with Crippen molar-refractivity contribution in [3.8, 4) is 0 Å². The molecule has 1 aromatic heterocycles. The first kappa shape index (κ1) is 11.2. The number of pyridine rings is 1. The molecule has 86 valence electrons. The Hall–Kier alpha value is -1.30. The Morgan fingerprint density at radius 3 is 3.12 bits per heavy atom. The fraction of sp³-hybridized carbons (Fsp3) is 0.400. The van der Waals surface area contributed by atoms with Gasteiger partial charge in [-0.05, 0) is 22.0 Å². The number of halogens is 1. The first-order valence-electron chi connectivity index (χ1n) is 4.97. The second-order valence-electron chi connectivity index (χ2n) is 3.65. The molecule has 2 rings (SSSR count). The zero-order valence-corrected chi connectivity index (χ0v) is 10.2. The molecule has 1 aliphatic rings. The summed E-state index contributed by atoms with van der Waals surface area (Å²) in [5.41, 5.74) is 6.00. The standard InChI is InChI=1S/C10H12BrN3O2/c11-7-3-8(5-13-4-7)14-2-1-9(6-14)16-10(12)15/h3-5,9H,1-2,6H2,(H2,12,15)/t9-/m0/s1. The van der Waals surface area contributed by atoms with Crippen LogP contribution in [0.3, 0.4) is 0 Å². The number of carbonyl (C=O) groups is 1. The Kier molecular flexibility index (Phi) is 3.28. The van der Waals surface area contributed by atoms with Crippen LogP contribution in [0.15, 0.2) is 22.9 Å². The van der Waals surface area contributed by atoms with Gasteiger partial charge in [0.1, 0.15) is 6.10 Å². The van der Waals surface area contributed by atoms with Crippen molar-refractivity contribution in [1.82, 2.24) is 4.98 Å². The number of primary amides is 1. The van der Waals surface area contributed by atoms with Gasteiger partial charge in [0.15, 0.2) is 0 Å². The fourth-order valence-corrected chi connectivity index (χ4v) is 2.15. The maximum atomic E-state index is 10.6. The van der Waals surface area contributed by atoms with Gasteiger partial charge in [-0.3, -0.25) is 4.98 Å². The van der Waals surface area contributed by atoms with Crippen LogP contribution < -0.4 is 10.6 Å². The molecule has 0 spiro atoms. The molecule has 1 fully saturated rings. The van der Waals surface area contributed by atoms with E-state index in [0.717, 1.165) is 23.1 Å². The van der Waals surface area contributed by atoms with E-state index in [-0.39, 0.29) is 6.10 Å². The van der Waals surface area contributed by atoms with Crippen LogP contribution in [0.4, 0.5) is 10.5 Å². The maximum Gasteiger partial charge on any atom is 0.404 e. The Bertz CT molecular complexity index is 399. The SMILES string of the molecule is NC(=O)O[C@H]1CCN(c2cncc(Br)c2)C1. The second-order valence-corrected chi connectivity index (χ2v) is 4.57. The van der Waals surface area contributed by atoms with Crippen LogP contribution in [-0.2, 0) is 4.74 Å². The quantitative estimate of drug-likeness (QED) is 0.895. The molecule has 1 atom stereocenters. The topological polar surface area (TPSA) is 68.5 Å². The van der Waals surface area contributed by atoms with Crippen LogP contribution in [0, 0.1) is 0 Å². The largest absolute Gasteiger partial charge is 0.444 e. The molecular weight excluding hydrogens is 274 g/mol. The zero-order chi connectivity index (χ0) is 11.5. The van der Waals surface area contributed by atoms with Crippen LogP contribution >= 0.6 is 15.9 Å². The van der Waals surface area contributed by atoms with E-state index in [2.05, 4.69) is 25.8 Å². The second kappa shape index (κ2) is 4.69. The minimum absolute atomic E-state index is 0.114. The Morgan fingerprint density at radius 2 is 2.44 bits per heavy atom. The molecule has 0 aliphatic carbocycles. The maximum absolute atomic E-state index is 10.6. The van der Waals surface area contributed by atoms with Crippen molar-refractivity contribution >= 4 is 27.7 Å². The highest BCUT2D eigenvalue weighted by Gasteiger charge is 2.25. The van der Waals surface area contributed by atoms with Gasteiger partial charge in [0.05, 0.1) is 18.4 Å². The van der Waals surface area contributed by atoms with E-state index < -0.39 is 6.09 Å². The molecule has 1 amide bonds. The van der Waals surface area contributed by atoms with Gasteiger partial charge in [0.25, 0.3) is 0 Å². The lowest BCUT2D eigenvalue weighted by Gasteiger charge is -2.17. The van der Waals surface area contributed by atoms with Crippen molar-refractivity contribution in [2.45, 2.75) is 12.5 Å². The predicted octanol–water partition coefficient (Wildman–Crippen LogP) is 1.52. The fourth-order valence-electron chi connectivity index (χ4n) is 1.80. The molecule has 2 heterocycles. The number of ether oxygens (including phenoxy) is 1. The number of nitrogens with two attached hydrogens (primary N) is 1. The van der Waals surface area contributed by atoms with E-state index in [0.29, 0.717) is 6.54 Å². The number of aromatic nitrogens is 1. The van der Waals surface area contributed by atoms with Gasteiger partial charge in [-0.15, -0.1) is 0 Å². The number of hydrogen-bond acceptors (Lipinski definition) is 4. The van der Waals surface area contributed by atoms with E-state index in [1.807, 2.05) is 6.07 Å². The van der Waals surface area contributed by atoms with Crippen molar-refractivity contribution in [2.75, 3.05) is 18.0 Å². The Balaban J connectivity index is 2.00. The molecule has 0 unspecified atom stereocenters. The number of hydrogen-bond donors (Lipinski definition) is 1. The predicted molar refractivity (Wildman–Crippen MR) is 63.2 cm³/mol. The van der Waals surface area contributed by atoms with Crippen LogP contribution in [0.1, 0.15) is 6.42 Å². The molecule has 16 heavy (non-hydrogen) atoms. The number of anilines is 1. The summed E-state index contributed by atoms with van der Waals surface area (Å²) in [7, 11) is 0. The van der Waals surface area contributed by atoms with Crippen molar-refractivity contribution < 1.29 is 9.53 Å². The molecule has 6 heteroatoms. The summed E-state index contributed by atoms with van der Waals surface area (Å²) in [6.45, 7) is 1.51. The minimum Gasteiger partial charge on any atom is -0.444 e. The molecule has 0 bridgehead atoms. The lowest BCUT2D eigenvalue weighted by molar-refractivity contribution is 0.117. The van der Waals surface area contributed by atoms with Crippen LogP contribution in [0.25, 0.3) is 0 Å². The van der Waals surface area contributed by atoms with E-state index in [1.54, 1.807) is 12.4 Å². The summed E-state index contributed by atoms with van der Waals surface area (Å²) in [6, 6.07) is 1.99. The first-order valence-corrected chi connectivity index (χ1v) is 5.76. The summed E-state index contributed by atoms with van der Waals surface area (Å²) < 4.78 is 5.89. The highest BCUT2D eigenvalue weighted by Crippen LogP contribution is 2.23. The monoisotopic (exact) mass is 285 g/mol. The van der Waals surface area contributed by atoms with Crippen molar-refractivity contribution in [3.05, 3.63) is 22.9 Å².